The number of fused-ring (bicyclic) bond motifs is 1. The van der Waals surface area contributed by atoms with Crippen LogP contribution in [-0.2, 0) is 11.3 Å². The molecule has 0 spiro atoms. The predicted octanol–water partition coefficient (Wildman–Crippen LogP) is 2.58. The zero-order chi connectivity index (χ0) is 19.7. The Hall–Kier alpha value is -2.57. The minimum Gasteiger partial charge on any atom is -0.339 e. The van der Waals surface area contributed by atoms with Gasteiger partial charge < -0.3 is 19.5 Å². The molecule has 2 aromatic rings. The van der Waals surface area contributed by atoms with E-state index in [0.717, 1.165) is 36.3 Å². The van der Waals surface area contributed by atoms with Crippen LogP contribution >= 0.6 is 0 Å². The van der Waals surface area contributed by atoms with Crippen LogP contribution in [0.5, 0.6) is 0 Å². The number of nitrogens with zero attached hydrogens (tertiary/aromatic N) is 4. The summed E-state index contributed by atoms with van der Waals surface area (Å²) in [4.78, 5) is 33.1. The van der Waals surface area contributed by atoms with E-state index < -0.39 is 0 Å². The molecule has 150 valence electrons. The van der Waals surface area contributed by atoms with Crippen molar-refractivity contribution >= 4 is 17.6 Å². The Morgan fingerprint density at radius 3 is 2.93 bits per heavy atom. The smallest absolute Gasteiger partial charge is 0.317 e. The minimum atomic E-state index is -0.125. The van der Waals surface area contributed by atoms with Gasteiger partial charge in [0.2, 0.25) is 5.91 Å². The predicted molar refractivity (Wildman–Crippen MR) is 107 cm³/mol. The van der Waals surface area contributed by atoms with Gasteiger partial charge in [0.1, 0.15) is 5.65 Å². The third-order valence-corrected chi connectivity index (χ3v) is 5.97. The highest BCUT2D eigenvalue weighted by Crippen LogP contribution is 2.29. The largest absolute Gasteiger partial charge is 0.339 e. The number of aryl methyl sites for hydroxylation is 1. The number of urea groups is 1. The second-order valence-corrected chi connectivity index (χ2v) is 8.30. The second kappa shape index (κ2) is 7.81. The summed E-state index contributed by atoms with van der Waals surface area (Å²) in [5.74, 6) is 0.479. The van der Waals surface area contributed by atoms with Gasteiger partial charge >= 0.3 is 6.03 Å². The minimum absolute atomic E-state index is 0.125. The monoisotopic (exact) mass is 383 g/mol. The molecular weight excluding hydrogens is 354 g/mol. The van der Waals surface area contributed by atoms with Gasteiger partial charge in [-0.1, -0.05) is 12.8 Å². The molecule has 0 unspecified atom stereocenters. The quantitative estimate of drug-likeness (QED) is 0.863. The van der Waals surface area contributed by atoms with Crippen LogP contribution in [0.15, 0.2) is 24.5 Å². The summed E-state index contributed by atoms with van der Waals surface area (Å²) >= 11 is 0. The fourth-order valence-corrected chi connectivity index (χ4v) is 4.49. The van der Waals surface area contributed by atoms with Gasteiger partial charge in [-0.2, -0.15) is 0 Å². The van der Waals surface area contributed by atoms with E-state index in [1.807, 2.05) is 35.9 Å². The first-order chi connectivity index (χ1) is 13.5. The van der Waals surface area contributed by atoms with Crippen molar-refractivity contribution in [1.82, 2.24) is 24.5 Å². The molecule has 7 heteroatoms. The van der Waals surface area contributed by atoms with Crippen molar-refractivity contribution in [3.8, 4) is 0 Å². The SMILES string of the molecule is Cc1ccn2cc(CNC(=O)N(C)C[C@@H]3CC(=O)N(C4CCCC4)C3)nc2c1. The third kappa shape index (κ3) is 3.98. The van der Waals surface area contributed by atoms with Crippen LogP contribution in [0, 0.1) is 12.8 Å². The van der Waals surface area contributed by atoms with Crippen molar-refractivity contribution < 1.29 is 9.59 Å². The van der Waals surface area contributed by atoms with E-state index in [0.29, 0.717) is 25.6 Å². The van der Waals surface area contributed by atoms with Crippen LogP contribution < -0.4 is 5.32 Å². The van der Waals surface area contributed by atoms with Crippen molar-refractivity contribution in [2.24, 2.45) is 5.92 Å². The highest BCUT2D eigenvalue weighted by Gasteiger charge is 2.36. The lowest BCUT2D eigenvalue weighted by Crippen LogP contribution is -2.40. The van der Waals surface area contributed by atoms with Gasteiger partial charge in [0.05, 0.1) is 12.2 Å². The topological polar surface area (TPSA) is 70.0 Å². The summed E-state index contributed by atoms with van der Waals surface area (Å²) in [6.45, 7) is 3.81. The van der Waals surface area contributed by atoms with E-state index in [4.69, 9.17) is 0 Å². The van der Waals surface area contributed by atoms with Gasteiger partial charge in [-0.3, -0.25) is 4.79 Å². The molecule has 3 amide bonds. The maximum absolute atomic E-state index is 12.5. The molecule has 0 bridgehead atoms. The molecule has 28 heavy (non-hydrogen) atoms. The molecule has 7 nitrogen and oxygen atoms in total. The first-order valence-corrected chi connectivity index (χ1v) is 10.2. The average Bonchev–Trinajstić information content (AvgIpc) is 3.38. The van der Waals surface area contributed by atoms with Gasteiger partial charge in [-0.15, -0.1) is 0 Å². The lowest BCUT2D eigenvalue weighted by Gasteiger charge is -2.25. The third-order valence-electron chi connectivity index (χ3n) is 5.97. The van der Waals surface area contributed by atoms with Gasteiger partial charge in [0, 0.05) is 50.9 Å². The number of carbonyl (C=O) groups is 2. The molecule has 2 aliphatic rings. The van der Waals surface area contributed by atoms with Gasteiger partial charge in [-0.25, -0.2) is 9.78 Å². The number of hydrogen-bond donors (Lipinski definition) is 1. The van der Waals surface area contributed by atoms with Crippen molar-refractivity contribution in [2.45, 2.75) is 51.6 Å². The fraction of sp³-hybridized carbons (Fsp3) is 0.571. The number of pyridine rings is 1. The first-order valence-electron chi connectivity index (χ1n) is 10.2. The molecule has 3 heterocycles. The number of aromatic nitrogens is 2. The Bertz CT molecular complexity index is 871. The Morgan fingerprint density at radius 1 is 1.36 bits per heavy atom. The number of hydrogen-bond acceptors (Lipinski definition) is 3. The molecule has 4 rings (SSSR count). The number of carbonyl (C=O) groups excluding carboxylic acids is 2. The number of likely N-dealkylation sites (tertiary alicyclic amines) is 1. The maximum atomic E-state index is 12.5. The van der Waals surface area contributed by atoms with Crippen molar-refractivity contribution in [1.29, 1.82) is 0 Å². The molecule has 2 fully saturated rings. The summed E-state index contributed by atoms with van der Waals surface area (Å²) < 4.78 is 1.96. The fourth-order valence-electron chi connectivity index (χ4n) is 4.49. The van der Waals surface area contributed by atoms with E-state index >= 15 is 0 Å². The number of amides is 3. The van der Waals surface area contributed by atoms with E-state index in [1.54, 1.807) is 11.9 Å². The molecule has 1 aliphatic carbocycles. The molecule has 1 saturated carbocycles. The number of nitrogens with one attached hydrogen (secondary N) is 1. The summed E-state index contributed by atoms with van der Waals surface area (Å²) in [5.41, 5.74) is 2.87. The lowest BCUT2D eigenvalue weighted by molar-refractivity contribution is -0.129. The normalized spacial score (nSPS) is 20.3. The molecule has 2 aromatic heterocycles. The van der Waals surface area contributed by atoms with E-state index in [1.165, 1.54) is 12.8 Å². The highest BCUT2D eigenvalue weighted by atomic mass is 16.2. The zero-order valence-corrected chi connectivity index (χ0v) is 16.7. The van der Waals surface area contributed by atoms with Gasteiger partial charge in [0.25, 0.3) is 0 Å². The van der Waals surface area contributed by atoms with Crippen LogP contribution in [0.3, 0.4) is 0 Å². The molecular formula is C21H29N5O2. The summed E-state index contributed by atoms with van der Waals surface area (Å²) in [6, 6.07) is 4.35. The standard InChI is InChI=1S/C21H29N5O2/c1-15-7-8-25-14-17(23-19(25)9-15)11-22-21(28)24(2)12-16-10-20(27)26(13-16)18-5-3-4-6-18/h7-9,14,16,18H,3-6,10-13H2,1-2H3,(H,22,28)/t16-/m0/s1. The molecule has 1 atom stereocenters. The van der Waals surface area contributed by atoms with E-state index in [2.05, 4.69) is 15.2 Å². The maximum Gasteiger partial charge on any atom is 0.317 e. The number of imidazole rings is 1. The summed E-state index contributed by atoms with van der Waals surface area (Å²) in [6.07, 6.45) is 9.18. The van der Waals surface area contributed by atoms with Crippen LogP contribution in [0.25, 0.3) is 5.65 Å². The Kier molecular flexibility index (Phi) is 5.24. The second-order valence-electron chi connectivity index (χ2n) is 8.30. The van der Waals surface area contributed by atoms with Crippen LogP contribution in [-0.4, -0.2) is 57.3 Å². The van der Waals surface area contributed by atoms with Crippen LogP contribution in [0.1, 0.15) is 43.4 Å². The van der Waals surface area contributed by atoms with E-state index in [-0.39, 0.29) is 17.9 Å². The van der Waals surface area contributed by atoms with Crippen molar-refractivity contribution in [3.05, 3.63) is 35.8 Å². The molecule has 1 N–H and O–H groups in total. The molecule has 1 saturated heterocycles. The van der Waals surface area contributed by atoms with Crippen LogP contribution in [0.2, 0.25) is 0 Å². The van der Waals surface area contributed by atoms with Crippen LogP contribution in [0.4, 0.5) is 4.79 Å². The number of rotatable bonds is 5. The Balaban J connectivity index is 1.28. The van der Waals surface area contributed by atoms with Gasteiger partial charge in [-0.05, 0) is 37.5 Å². The van der Waals surface area contributed by atoms with Gasteiger partial charge in [0.15, 0.2) is 0 Å². The Labute approximate surface area is 165 Å². The first kappa shape index (κ1) is 18.8. The summed E-state index contributed by atoms with van der Waals surface area (Å²) in [7, 11) is 1.80. The zero-order valence-electron chi connectivity index (χ0n) is 16.7. The molecule has 1 aliphatic heterocycles. The average molecular weight is 383 g/mol. The Morgan fingerprint density at radius 2 is 2.14 bits per heavy atom. The lowest BCUT2D eigenvalue weighted by atomic mass is 10.1. The molecule has 0 aromatic carbocycles. The summed E-state index contributed by atoms with van der Waals surface area (Å²) in [5, 5.41) is 2.94. The van der Waals surface area contributed by atoms with Crippen molar-refractivity contribution in [3.63, 3.8) is 0 Å². The van der Waals surface area contributed by atoms with Crippen molar-refractivity contribution in [2.75, 3.05) is 20.1 Å². The highest BCUT2D eigenvalue weighted by molar-refractivity contribution is 5.79. The van der Waals surface area contributed by atoms with E-state index in [9.17, 15) is 9.59 Å². The molecule has 0 radical (unpaired) electrons.